The minimum Gasteiger partial charge on any atom is -0.441 e. The summed E-state index contributed by atoms with van der Waals surface area (Å²) >= 11 is 0. The van der Waals surface area contributed by atoms with Crippen molar-refractivity contribution in [1.82, 2.24) is 24.9 Å². The minimum absolute atomic E-state index is 0.138. The van der Waals surface area contributed by atoms with Gasteiger partial charge in [-0.25, -0.2) is 18.4 Å². The predicted molar refractivity (Wildman–Crippen MR) is 106 cm³/mol. The normalized spacial score (nSPS) is 21.2. The van der Waals surface area contributed by atoms with E-state index >= 15 is 0 Å². The largest absolute Gasteiger partial charge is 0.441 e. The van der Waals surface area contributed by atoms with E-state index in [1.807, 2.05) is 0 Å². The number of carbonyl (C=O) groups is 1. The maximum Gasteiger partial charge on any atom is 0.276 e. The van der Waals surface area contributed by atoms with E-state index in [0.29, 0.717) is 24.4 Å². The van der Waals surface area contributed by atoms with Gasteiger partial charge in [-0.05, 0) is 37.8 Å². The van der Waals surface area contributed by atoms with Crippen LogP contribution in [0.2, 0.25) is 0 Å². The first-order valence-corrected chi connectivity index (χ1v) is 10.4. The molecule has 3 heterocycles. The van der Waals surface area contributed by atoms with E-state index in [1.165, 1.54) is 12.1 Å². The van der Waals surface area contributed by atoms with Crippen LogP contribution in [0.4, 0.5) is 8.78 Å². The highest BCUT2D eigenvalue weighted by molar-refractivity contribution is 5.92. The second kappa shape index (κ2) is 7.84. The SMILES string of the molecule is NC1CCC(n2cc(C(=O)N3CCc4oc(-c5cc(F)cc(F)c5)nc4C3)nn2)CC1. The smallest absolute Gasteiger partial charge is 0.276 e. The van der Waals surface area contributed by atoms with Gasteiger partial charge in [-0.2, -0.15) is 0 Å². The van der Waals surface area contributed by atoms with Crippen LogP contribution in [-0.2, 0) is 13.0 Å². The summed E-state index contributed by atoms with van der Waals surface area (Å²) < 4.78 is 34.5. The Morgan fingerprint density at radius 2 is 1.87 bits per heavy atom. The van der Waals surface area contributed by atoms with Crippen LogP contribution in [-0.4, -0.2) is 43.4 Å². The average Bonchev–Trinajstić information content (AvgIpc) is 3.40. The number of benzene rings is 1. The van der Waals surface area contributed by atoms with E-state index in [2.05, 4.69) is 15.3 Å². The van der Waals surface area contributed by atoms with Gasteiger partial charge in [-0.15, -0.1) is 5.10 Å². The lowest BCUT2D eigenvalue weighted by Crippen LogP contribution is -2.36. The molecule has 8 nitrogen and oxygen atoms in total. The number of hydrogen-bond acceptors (Lipinski definition) is 6. The van der Waals surface area contributed by atoms with E-state index in [-0.39, 0.29) is 41.7 Å². The zero-order chi connectivity index (χ0) is 21.5. The van der Waals surface area contributed by atoms with Crippen LogP contribution < -0.4 is 5.73 Å². The Hall–Kier alpha value is -3.14. The number of oxazole rings is 1. The van der Waals surface area contributed by atoms with Gasteiger partial charge in [0.25, 0.3) is 5.91 Å². The molecule has 0 bridgehead atoms. The number of carbonyl (C=O) groups excluding carboxylic acids is 1. The Labute approximate surface area is 177 Å². The first kappa shape index (κ1) is 19.8. The van der Waals surface area contributed by atoms with Crippen molar-refractivity contribution in [2.45, 2.75) is 50.7 Å². The number of nitrogens with two attached hydrogens (primary N) is 1. The van der Waals surface area contributed by atoms with Crippen LogP contribution in [0.1, 0.15) is 53.7 Å². The maximum absolute atomic E-state index is 13.5. The molecular weight excluding hydrogens is 406 g/mol. The molecule has 1 fully saturated rings. The zero-order valence-corrected chi connectivity index (χ0v) is 16.8. The van der Waals surface area contributed by atoms with Crippen molar-refractivity contribution in [2.24, 2.45) is 5.73 Å². The molecule has 2 aromatic heterocycles. The van der Waals surface area contributed by atoms with E-state index in [1.54, 1.807) is 15.8 Å². The second-order valence-electron chi connectivity index (χ2n) is 8.18. The Bertz CT molecular complexity index is 1100. The average molecular weight is 428 g/mol. The van der Waals surface area contributed by atoms with Gasteiger partial charge in [-0.1, -0.05) is 5.21 Å². The van der Waals surface area contributed by atoms with Gasteiger partial charge in [0, 0.05) is 30.6 Å². The third kappa shape index (κ3) is 3.95. The summed E-state index contributed by atoms with van der Waals surface area (Å²) in [7, 11) is 0. The third-order valence-corrected chi connectivity index (χ3v) is 5.97. The minimum atomic E-state index is -0.703. The van der Waals surface area contributed by atoms with Crippen LogP contribution in [0.3, 0.4) is 0 Å². The van der Waals surface area contributed by atoms with Crippen molar-refractivity contribution in [3.05, 3.63) is 53.2 Å². The monoisotopic (exact) mass is 428 g/mol. The number of fused-ring (bicyclic) bond motifs is 1. The summed E-state index contributed by atoms with van der Waals surface area (Å²) in [6.45, 7) is 0.670. The Morgan fingerprint density at radius 3 is 2.61 bits per heavy atom. The van der Waals surface area contributed by atoms with Crippen LogP contribution in [0.15, 0.2) is 28.8 Å². The summed E-state index contributed by atoms with van der Waals surface area (Å²) in [5.41, 5.74) is 7.05. The molecule has 0 atom stereocenters. The van der Waals surface area contributed by atoms with Gasteiger partial charge in [0.1, 0.15) is 23.1 Å². The van der Waals surface area contributed by atoms with Gasteiger partial charge in [0.05, 0.1) is 18.8 Å². The quantitative estimate of drug-likeness (QED) is 0.688. The van der Waals surface area contributed by atoms with E-state index < -0.39 is 11.6 Å². The van der Waals surface area contributed by atoms with Crippen LogP contribution >= 0.6 is 0 Å². The molecule has 0 saturated heterocycles. The fourth-order valence-corrected chi connectivity index (χ4v) is 4.25. The van der Waals surface area contributed by atoms with Crippen LogP contribution in [0, 0.1) is 11.6 Å². The Kier molecular flexibility index (Phi) is 5.01. The molecule has 1 aliphatic heterocycles. The standard InChI is InChI=1S/C21H22F2N6O2/c22-13-7-12(8-14(23)9-13)20-25-17-10-28(6-5-19(17)31-20)21(30)18-11-29(27-26-18)16-3-1-15(24)2-4-16/h7-9,11,15-16H,1-6,10,24H2. The first-order chi connectivity index (χ1) is 15.0. The Morgan fingerprint density at radius 1 is 1.13 bits per heavy atom. The van der Waals surface area contributed by atoms with Gasteiger partial charge >= 0.3 is 0 Å². The third-order valence-electron chi connectivity index (χ3n) is 5.97. The molecule has 1 aromatic carbocycles. The van der Waals surface area contributed by atoms with Gasteiger partial charge in [0.2, 0.25) is 5.89 Å². The molecule has 31 heavy (non-hydrogen) atoms. The number of halogens is 2. The summed E-state index contributed by atoms with van der Waals surface area (Å²) in [4.78, 5) is 19.0. The molecule has 0 spiro atoms. The van der Waals surface area contributed by atoms with E-state index in [0.717, 1.165) is 31.7 Å². The highest BCUT2D eigenvalue weighted by Gasteiger charge is 2.29. The van der Waals surface area contributed by atoms with E-state index in [9.17, 15) is 13.6 Å². The molecule has 10 heteroatoms. The number of rotatable bonds is 3. The molecule has 5 rings (SSSR count). The molecule has 1 aliphatic carbocycles. The summed E-state index contributed by atoms with van der Waals surface area (Å²) in [6, 6.07) is 3.58. The molecule has 2 aliphatic rings. The first-order valence-electron chi connectivity index (χ1n) is 10.4. The summed E-state index contributed by atoms with van der Waals surface area (Å²) in [6.07, 6.45) is 5.88. The molecule has 1 amide bonds. The summed E-state index contributed by atoms with van der Waals surface area (Å²) in [5, 5.41) is 8.24. The van der Waals surface area contributed by atoms with Crippen molar-refractivity contribution in [3.63, 3.8) is 0 Å². The molecule has 1 saturated carbocycles. The summed E-state index contributed by atoms with van der Waals surface area (Å²) in [5.74, 6) is -0.882. The second-order valence-corrected chi connectivity index (χ2v) is 8.18. The van der Waals surface area contributed by atoms with Crippen molar-refractivity contribution in [3.8, 4) is 11.5 Å². The van der Waals surface area contributed by atoms with Crippen molar-refractivity contribution >= 4 is 5.91 Å². The zero-order valence-electron chi connectivity index (χ0n) is 16.8. The van der Waals surface area contributed by atoms with Crippen molar-refractivity contribution in [1.29, 1.82) is 0 Å². The fourth-order valence-electron chi connectivity index (χ4n) is 4.25. The maximum atomic E-state index is 13.5. The molecule has 0 radical (unpaired) electrons. The highest BCUT2D eigenvalue weighted by atomic mass is 19.1. The predicted octanol–water partition coefficient (Wildman–Crippen LogP) is 2.85. The molecular formula is C21H22F2N6O2. The van der Waals surface area contributed by atoms with E-state index in [4.69, 9.17) is 10.2 Å². The molecule has 162 valence electrons. The van der Waals surface area contributed by atoms with Gasteiger partial charge in [0.15, 0.2) is 5.69 Å². The van der Waals surface area contributed by atoms with Gasteiger partial charge in [-0.3, -0.25) is 4.79 Å². The van der Waals surface area contributed by atoms with Crippen LogP contribution in [0.25, 0.3) is 11.5 Å². The lowest BCUT2D eigenvalue weighted by atomic mass is 9.92. The molecule has 2 N–H and O–H groups in total. The van der Waals surface area contributed by atoms with Crippen molar-refractivity contribution < 1.29 is 18.0 Å². The number of hydrogen-bond donors (Lipinski definition) is 1. The highest BCUT2D eigenvalue weighted by Crippen LogP contribution is 2.29. The number of amides is 1. The van der Waals surface area contributed by atoms with Gasteiger partial charge < -0.3 is 15.1 Å². The molecule has 3 aromatic rings. The topological polar surface area (TPSA) is 103 Å². The fraction of sp³-hybridized carbons (Fsp3) is 0.429. The Balaban J connectivity index is 1.30. The lowest BCUT2D eigenvalue weighted by Gasteiger charge is -2.26. The number of aromatic nitrogens is 4. The van der Waals surface area contributed by atoms with Crippen LogP contribution in [0.5, 0.6) is 0 Å². The van der Waals surface area contributed by atoms with Crippen molar-refractivity contribution in [2.75, 3.05) is 6.54 Å². The lowest BCUT2D eigenvalue weighted by molar-refractivity contribution is 0.0722. The number of nitrogens with zero attached hydrogens (tertiary/aromatic N) is 5. The molecule has 0 unspecified atom stereocenters.